The summed E-state index contributed by atoms with van der Waals surface area (Å²) in [6.07, 6.45) is 5.50. The first kappa shape index (κ1) is 8.23. The predicted molar refractivity (Wildman–Crippen MR) is 50.4 cm³/mol. The molecule has 0 atom stereocenters. The molecule has 1 fully saturated rings. The normalized spacial score (nSPS) is 15.5. The highest BCUT2D eigenvalue weighted by atomic mass is 16.2. The van der Waals surface area contributed by atoms with Gasteiger partial charge in [-0.1, -0.05) is 0 Å². The average Bonchev–Trinajstić information content (AvgIpc) is 3.00. The summed E-state index contributed by atoms with van der Waals surface area (Å²) in [5.74, 6) is 0.504. The Morgan fingerprint density at radius 2 is 2.08 bits per heavy atom. The Hall–Kier alpha value is -1.38. The van der Waals surface area contributed by atoms with E-state index in [0.717, 1.165) is 18.5 Å². The molecule has 0 radical (unpaired) electrons. The van der Waals surface area contributed by atoms with Gasteiger partial charge in [0.15, 0.2) is 0 Å². The summed E-state index contributed by atoms with van der Waals surface area (Å²) in [4.78, 5) is 17.2. The Balaban J connectivity index is 2.12. The quantitative estimate of drug-likeness (QED) is 0.683. The van der Waals surface area contributed by atoms with E-state index in [0.29, 0.717) is 0 Å². The summed E-state index contributed by atoms with van der Waals surface area (Å²) in [6, 6.07) is 3.70. The van der Waals surface area contributed by atoms with Crippen LogP contribution in [-0.4, -0.2) is 17.9 Å². The number of anilines is 1. The molecule has 1 aliphatic carbocycles. The van der Waals surface area contributed by atoms with Gasteiger partial charge in [0.25, 0.3) is 0 Å². The second kappa shape index (κ2) is 3.17. The molecule has 0 bridgehead atoms. The summed E-state index contributed by atoms with van der Waals surface area (Å²) in [6.45, 7) is 0. The first-order valence-corrected chi connectivity index (χ1v) is 4.46. The average molecular weight is 176 g/mol. The molecule has 3 heteroatoms. The third-order valence-corrected chi connectivity index (χ3v) is 2.31. The maximum absolute atomic E-state index is 11.6. The van der Waals surface area contributed by atoms with Gasteiger partial charge in [0.05, 0.1) is 0 Å². The van der Waals surface area contributed by atoms with Crippen molar-refractivity contribution < 1.29 is 4.79 Å². The van der Waals surface area contributed by atoms with Gasteiger partial charge >= 0.3 is 0 Å². The van der Waals surface area contributed by atoms with E-state index in [9.17, 15) is 4.79 Å². The minimum absolute atomic E-state index is 0.228. The Labute approximate surface area is 77.4 Å². The third kappa shape index (κ3) is 1.69. The number of aromatic nitrogens is 1. The van der Waals surface area contributed by atoms with Crippen LogP contribution in [0.4, 0.5) is 5.69 Å². The number of amides is 1. The maximum atomic E-state index is 11.6. The van der Waals surface area contributed by atoms with E-state index in [2.05, 4.69) is 4.98 Å². The van der Waals surface area contributed by atoms with E-state index in [4.69, 9.17) is 0 Å². The molecule has 2 rings (SSSR count). The van der Waals surface area contributed by atoms with Gasteiger partial charge in [0.2, 0.25) is 5.91 Å². The minimum Gasteiger partial charge on any atom is -0.315 e. The Morgan fingerprint density at radius 3 is 2.62 bits per heavy atom. The van der Waals surface area contributed by atoms with Crippen LogP contribution in [0.5, 0.6) is 0 Å². The molecule has 68 valence electrons. The lowest BCUT2D eigenvalue weighted by Crippen LogP contribution is -2.27. The van der Waals surface area contributed by atoms with Crippen LogP contribution in [0.15, 0.2) is 24.5 Å². The van der Waals surface area contributed by atoms with Crippen molar-refractivity contribution in [3.05, 3.63) is 24.5 Å². The van der Waals surface area contributed by atoms with Crippen molar-refractivity contribution in [1.29, 1.82) is 0 Å². The molecule has 1 aromatic rings. The topological polar surface area (TPSA) is 33.2 Å². The molecular weight excluding hydrogens is 164 g/mol. The standard InChI is InChI=1S/C10H12N2O/c1-12(10(13)8-2-3-8)9-4-6-11-7-5-9/h4-8H,2-3H2,1H3. The largest absolute Gasteiger partial charge is 0.315 e. The summed E-state index contributed by atoms with van der Waals surface area (Å²) in [7, 11) is 1.82. The van der Waals surface area contributed by atoms with Crippen LogP contribution >= 0.6 is 0 Å². The van der Waals surface area contributed by atoms with Crippen molar-refractivity contribution in [2.24, 2.45) is 5.92 Å². The van der Waals surface area contributed by atoms with Gasteiger partial charge in [0, 0.05) is 31.0 Å². The molecular formula is C10H12N2O. The molecule has 0 aromatic carbocycles. The lowest BCUT2D eigenvalue weighted by molar-refractivity contribution is -0.119. The minimum atomic E-state index is 0.228. The molecule has 3 nitrogen and oxygen atoms in total. The molecule has 13 heavy (non-hydrogen) atoms. The van der Waals surface area contributed by atoms with Gasteiger partial charge in [-0.2, -0.15) is 0 Å². The first-order chi connectivity index (χ1) is 6.29. The number of hydrogen-bond acceptors (Lipinski definition) is 2. The van der Waals surface area contributed by atoms with Crippen LogP contribution in [-0.2, 0) is 4.79 Å². The monoisotopic (exact) mass is 176 g/mol. The van der Waals surface area contributed by atoms with Crippen molar-refractivity contribution in [2.45, 2.75) is 12.8 Å². The number of hydrogen-bond donors (Lipinski definition) is 0. The molecule has 1 saturated carbocycles. The lowest BCUT2D eigenvalue weighted by atomic mass is 10.3. The van der Waals surface area contributed by atoms with Gasteiger partial charge in [-0.3, -0.25) is 9.78 Å². The zero-order chi connectivity index (χ0) is 9.26. The fourth-order valence-corrected chi connectivity index (χ4v) is 1.30. The van der Waals surface area contributed by atoms with Crippen LogP contribution in [0.25, 0.3) is 0 Å². The van der Waals surface area contributed by atoms with Gasteiger partial charge in [0.1, 0.15) is 0 Å². The van der Waals surface area contributed by atoms with Gasteiger partial charge < -0.3 is 4.90 Å². The molecule has 0 aliphatic heterocycles. The van der Waals surface area contributed by atoms with Crippen molar-refractivity contribution >= 4 is 11.6 Å². The Kier molecular flexibility index (Phi) is 2.00. The molecule has 1 aromatic heterocycles. The molecule has 1 aliphatic rings. The smallest absolute Gasteiger partial charge is 0.229 e. The molecule has 0 saturated heterocycles. The Bertz CT molecular complexity index is 306. The van der Waals surface area contributed by atoms with Crippen molar-refractivity contribution in [3.63, 3.8) is 0 Å². The second-order valence-corrected chi connectivity index (χ2v) is 3.38. The second-order valence-electron chi connectivity index (χ2n) is 3.38. The number of pyridine rings is 1. The van der Waals surface area contributed by atoms with E-state index < -0.39 is 0 Å². The highest BCUT2D eigenvalue weighted by Crippen LogP contribution is 2.31. The van der Waals surface area contributed by atoms with E-state index in [1.54, 1.807) is 17.3 Å². The van der Waals surface area contributed by atoms with Crippen LogP contribution in [0.2, 0.25) is 0 Å². The van der Waals surface area contributed by atoms with Crippen molar-refractivity contribution in [2.75, 3.05) is 11.9 Å². The zero-order valence-corrected chi connectivity index (χ0v) is 7.60. The molecule has 0 N–H and O–H groups in total. The van der Waals surface area contributed by atoms with Gasteiger partial charge in [-0.05, 0) is 25.0 Å². The summed E-state index contributed by atoms with van der Waals surface area (Å²) in [5, 5.41) is 0. The maximum Gasteiger partial charge on any atom is 0.229 e. The van der Waals surface area contributed by atoms with Crippen LogP contribution < -0.4 is 4.90 Å². The number of carbonyl (C=O) groups is 1. The summed E-state index contributed by atoms with van der Waals surface area (Å²) < 4.78 is 0. The van der Waals surface area contributed by atoms with E-state index >= 15 is 0 Å². The number of carbonyl (C=O) groups excluding carboxylic acids is 1. The SMILES string of the molecule is CN(C(=O)C1CC1)c1ccncc1. The van der Waals surface area contributed by atoms with Crippen LogP contribution in [0, 0.1) is 5.92 Å². The molecule has 1 amide bonds. The lowest BCUT2D eigenvalue weighted by Gasteiger charge is -2.16. The Morgan fingerprint density at radius 1 is 1.46 bits per heavy atom. The third-order valence-electron chi connectivity index (χ3n) is 2.31. The fourth-order valence-electron chi connectivity index (χ4n) is 1.30. The number of rotatable bonds is 2. The predicted octanol–water partition coefficient (Wildman–Crippen LogP) is 1.45. The fraction of sp³-hybridized carbons (Fsp3) is 0.400. The summed E-state index contributed by atoms with van der Waals surface area (Å²) in [5.41, 5.74) is 0.923. The molecule has 0 unspecified atom stereocenters. The van der Waals surface area contributed by atoms with Crippen molar-refractivity contribution in [1.82, 2.24) is 4.98 Å². The van der Waals surface area contributed by atoms with Gasteiger partial charge in [-0.25, -0.2) is 0 Å². The van der Waals surface area contributed by atoms with E-state index in [1.165, 1.54) is 0 Å². The zero-order valence-electron chi connectivity index (χ0n) is 7.60. The first-order valence-electron chi connectivity index (χ1n) is 4.46. The van der Waals surface area contributed by atoms with E-state index in [1.807, 2.05) is 19.2 Å². The molecule has 0 spiro atoms. The van der Waals surface area contributed by atoms with Crippen LogP contribution in [0.1, 0.15) is 12.8 Å². The molecule has 1 heterocycles. The van der Waals surface area contributed by atoms with E-state index in [-0.39, 0.29) is 11.8 Å². The number of nitrogens with zero attached hydrogens (tertiary/aromatic N) is 2. The van der Waals surface area contributed by atoms with Crippen molar-refractivity contribution in [3.8, 4) is 0 Å². The van der Waals surface area contributed by atoms with Gasteiger partial charge in [-0.15, -0.1) is 0 Å². The van der Waals surface area contributed by atoms with Crippen LogP contribution in [0.3, 0.4) is 0 Å². The highest BCUT2D eigenvalue weighted by Gasteiger charge is 2.32. The summed E-state index contributed by atoms with van der Waals surface area (Å²) >= 11 is 0. The highest BCUT2D eigenvalue weighted by molar-refractivity contribution is 5.95.